The maximum atomic E-state index is 6.34. The number of ether oxygens (including phenoxy) is 1. The summed E-state index contributed by atoms with van der Waals surface area (Å²) >= 11 is 6.34. The molecule has 3 heterocycles. The quantitative estimate of drug-likeness (QED) is 0.458. The minimum Gasteiger partial charge on any atom is -0.384 e. The van der Waals surface area contributed by atoms with Gasteiger partial charge in [-0.25, -0.2) is 10.1 Å². The highest BCUT2D eigenvalue weighted by molar-refractivity contribution is 6.29. The number of halogens is 1. The molecule has 0 spiro atoms. The number of H-pyrrole nitrogens is 1. The van der Waals surface area contributed by atoms with Crippen molar-refractivity contribution < 1.29 is 4.74 Å². The lowest BCUT2D eigenvalue weighted by molar-refractivity contribution is 0.129. The zero-order valence-electron chi connectivity index (χ0n) is 17.8. The summed E-state index contributed by atoms with van der Waals surface area (Å²) in [4.78, 5) is 9.58. The molecule has 162 valence electrons. The van der Waals surface area contributed by atoms with Crippen molar-refractivity contribution in [3.63, 3.8) is 0 Å². The second-order valence-electron chi connectivity index (χ2n) is 8.73. The third-order valence-corrected chi connectivity index (χ3v) is 7.01. The van der Waals surface area contributed by atoms with E-state index in [0.29, 0.717) is 17.6 Å². The van der Waals surface area contributed by atoms with E-state index in [2.05, 4.69) is 25.6 Å². The molecule has 0 radical (unpaired) electrons. The normalized spacial score (nSPS) is 18.0. The minimum atomic E-state index is -0.135. The molecule has 31 heavy (non-hydrogen) atoms. The first-order chi connectivity index (χ1) is 15.2. The largest absolute Gasteiger partial charge is 0.384 e. The van der Waals surface area contributed by atoms with Crippen LogP contribution >= 0.6 is 11.6 Å². The number of rotatable bonds is 5. The van der Waals surface area contributed by atoms with Crippen molar-refractivity contribution >= 4 is 11.6 Å². The van der Waals surface area contributed by atoms with Crippen LogP contribution in [0.15, 0.2) is 18.3 Å². The van der Waals surface area contributed by atoms with Crippen molar-refractivity contribution in [3.05, 3.63) is 40.4 Å². The number of pyridine rings is 2. The molecule has 1 N–H and O–H groups in total. The highest BCUT2D eigenvalue weighted by Crippen LogP contribution is 2.48. The molecule has 2 aliphatic carbocycles. The van der Waals surface area contributed by atoms with Gasteiger partial charge in [0.05, 0.1) is 17.9 Å². The second kappa shape index (κ2) is 8.63. The van der Waals surface area contributed by atoms with E-state index in [1.54, 1.807) is 13.3 Å². The average Bonchev–Trinajstić information content (AvgIpc) is 3.42. The summed E-state index contributed by atoms with van der Waals surface area (Å²) in [6, 6.07) is 3.97. The molecule has 0 saturated heterocycles. The van der Waals surface area contributed by atoms with Crippen LogP contribution in [-0.2, 0) is 23.0 Å². The number of nitrogens with zero attached hydrogens (tertiary/aromatic N) is 5. The van der Waals surface area contributed by atoms with E-state index in [4.69, 9.17) is 21.3 Å². The third kappa shape index (κ3) is 3.74. The van der Waals surface area contributed by atoms with Crippen molar-refractivity contribution in [2.45, 2.75) is 63.2 Å². The maximum Gasteiger partial charge on any atom is 0.181 e. The summed E-state index contributed by atoms with van der Waals surface area (Å²) in [5, 5.41) is 15.6. The number of aromatic amines is 1. The Morgan fingerprint density at radius 3 is 2.68 bits per heavy atom. The summed E-state index contributed by atoms with van der Waals surface area (Å²) in [6.45, 7) is 0.643. The number of fused-ring (bicyclic) bond motifs is 1. The summed E-state index contributed by atoms with van der Waals surface area (Å²) < 4.78 is 5.76. The molecular formula is C23H27ClN6O. The highest BCUT2D eigenvalue weighted by atomic mass is 35.5. The van der Waals surface area contributed by atoms with Crippen LogP contribution in [0.5, 0.6) is 0 Å². The van der Waals surface area contributed by atoms with Crippen LogP contribution in [0.4, 0.5) is 0 Å². The zero-order valence-corrected chi connectivity index (χ0v) is 18.6. The summed E-state index contributed by atoms with van der Waals surface area (Å²) in [5.74, 6) is 0.653. The van der Waals surface area contributed by atoms with Gasteiger partial charge in [0.15, 0.2) is 5.82 Å². The summed E-state index contributed by atoms with van der Waals surface area (Å²) in [6.07, 6.45) is 11.7. The SMILES string of the molecule is COCC1(c2nc3c(c(-c4ccnc(Cl)c4)c2-c2nnn[nH]2)CCCCC3)CCCC1. The van der Waals surface area contributed by atoms with E-state index < -0.39 is 0 Å². The predicted octanol–water partition coefficient (Wildman–Crippen LogP) is 4.70. The molecule has 7 nitrogen and oxygen atoms in total. The molecule has 5 rings (SSSR count). The number of tetrazole rings is 1. The lowest BCUT2D eigenvalue weighted by Gasteiger charge is -2.32. The number of nitrogens with one attached hydrogen (secondary N) is 1. The van der Waals surface area contributed by atoms with Gasteiger partial charge in [-0.15, -0.1) is 5.10 Å². The number of methoxy groups -OCH3 is 1. The summed E-state index contributed by atoms with van der Waals surface area (Å²) in [5.41, 5.74) is 6.60. The van der Waals surface area contributed by atoms with E-state index in [1.165, 1.54) is 30.5 Å². The highest BCUT2D eigenvalue weighted by Gasteiger charge is 2.41. The fourth-order valence-corrected chi connectivity index (χ4v) is 5.63. The zero-order chi connectivity index (χ0) is 21.3. The van der Waals surface area contributed by atoms with Gasteiger partial charge in [0.1, 0.15) is 5.15 Å². The molecule has 0 unspecified atom stereocenters. The van der Waals surface area contributed by atoms with Gasteiger partial charge in [0.25, 0.3) is 0 Å². The van der Waals surface area contributed by atoms with Crippen LogP contribution in [0, 0.1) is 0 Å². The van der Waals surface area contributed by atoms with Gasteiger partial charge < -0.3 is 4.74 Å². The van der Waals surface area contributed by atoms with Crippen molar-refractivity contribution in [2.24, 2.45) is 0 Å². The number of hydrogen-bond donors (Lipinski definition) is 1. The number of hydrogen-bond acceptors (Lipinski definition) is 6. The molecule has 2 aliphatic rings. The third-order valence-electron chi connectivity index (χ3n) is 6.81. The van der Waals surface area contributed by atoms with Gasteiger partial charge in [0.2, 0.25) is 0 Å². The Bertz CT molecular complexity index is 1060. The van der Waals surface area contributed by atoms with Gasteiger partial charge in [0, 0.05) is 24.4 Å². The Kier molecular flexibility index (Phi) is 5.71. The van der Waals surface area contributed by atoms with E-state index in [-0.39, 0.29) is 5.41 Å². The topological polar surface area (TPSA) is 89.5 Å². The van der Waals surface area contributed by atoms with Gasteiger partial charge in [-0.05, 0) is 77.8 Å². The fraction of sp³-hybridized carbons (Fsp3) is 0.522. The molecule has 0 amide bonds. The average molecular weight is 439 g/mol. The first kappa shape index (κ1) is 20.5. The second-order valence-corrected chi connectivity index (χ2v) is 9.12. The molecule has 3 aromatic heterocycles. The Morgan fingerprint density at radius 1 is 1.10 bits per heavy atom. The van der Waals surface area contributed by atoms with Crippen molar-refractivity contribution in [3.8, 4) is 22.5 Å². The Labute approximate surface area is 187 Å². The predicted molar refractivity (Wildman–Crippen MR) is 119 cm³/mol. The standard InChI is InChI=1S/C23H27ClN6O/c1-31-14-23(10-5-6-11-23)21-20(22-27-29-30-28-22)19(15-9-12-25-18(24)13-15)16-7-3-2-4-8-17(16)26-21/h9,12-13H,2-8,10-11,14H2,1H3,(H,27,28,29,30). The van der Waals surface area contributed by atoms with Crippen LogP contribution in [-0.4, -0.2) is 44.3 Å². The summed E-state index contributed by atoms with van der Waals surface area (Å²) in [7, 11) is 1.78. The van der Waals surface area contributed by atoms with Crippen molar-refractivity contribution in [1.82, 2.24) is 30.6 Å². The first-order valence-corrected chi connectivity index (χ1v) is 11.5. The van der Waals surface area contributed by atoms with Gasteiger partial charge >= 0.3 is 0 Å². The van der Waals surface area contributed by atoms with Gasteiger partial charge in [-0.2, -0.15) is 0 Å². The van der Waals surface area contributed by atoms with Crippen LogP contribution in [0.25, 0.3) is 22.5 Å². The van der Waals surface area contributed by atoms with E-state index in [1.807, 2.05) is 12.1 Å². The van der Waals surface area contributed by atoms with Crippen molar-refractivity contribution in [1.29, 1.82) is 0 Å². The van der Waals surface area contributed by atoms with Crippen LogP contribution in [0.2, 0.25) is 5.15 Å². The molecule has 3 aromatic rings. The van der Waals surface area contributed by atoms with Crippen LogP contribution < -0.4 is 0 Å². The van der Waals surface area contributed by atoms with Crippen LogP contribution in [0.3, 0.4) is 0 Å². The van der Waals surface area contributed by atoms with E-state index in [9.17, 15) is 0 Å². The molecule has 0 bridgehead atoms. The van der Waals surface area contributed by atoms with E-state index in [0.717, 1.165) is 60.9 Å². The lowest BCUT2D eigenvalue weighted by Crippen LogP contribution is -2.31. The molecule has 0 aromatic carbocycles. The van der Waals surface area contributed by atoms with Gasteiger partial charge in [-0.3, -0.25) is 4.98 Å². The Balaban J connectivity index is 1.87. The number of aromatic nitrogens is 6. The van der Waals surface area contributed by atoms with E-state index >= 15 is 0 Å². The molecule has 1 fully saturated rings. The van der Waals surface area contributed by atoms with Crippen molar-refractivity contribution in [2.75, 3.05) is 13.7 Å². The molecule has 0 aliphatic heterocycles. The smallest absolute Gasteiger partial charge is 0.181 e. The maximum absolute atomic E-state index is 6.34. The molecule has 1 saturated carbocycles. The molecule has 0 atom stereocenters. The first-order valence-electron chi connectivity index (χ1n) is 11.1. The Hall–Kier alpha value is -2.38. The fourth-order valence-electron chi connectivity index (χ4n) is 5.45. The Morgan fingerprint density at radius 2 is 1.94 bits per heavy atom. The minimum absolute atomic E-state index is 0.135. The molecular weight excluding hydrogens is 412 g/mol. The molecule has 8 heteroatoms. The lowest BCUT2D eigenvalue weighted by atomic mass is 9.77. The van der Waals surface area contributed by atoms with Crippen LogP contribution in [0.1, 0.15) is 61.9 Å². The van der Waals surface area contributed by atoms with Gasteiger partial charge in [-0.1, -0.05) is 30.9 Å². The monoisotopic (exact) mass is 438 g/mol. The number of aryl methyl sites for hydroxylation is 1.